The molecule has 2 bridgehead atoms. The Kier molecular flexibility index (Phi) is 10.4. The summed E-state index contributed by atoms with van der Waals surface area (Å²) in [5.74, 6) is 2.35. The number of amides is 3. The Morgan fingerprint density at radius 3 is 2.12 bits per heavy atom. The third kappa shape index (κ3) is 7.39. The predicted octanol–water partition coefficient (Wildman–Crippen LogP) is 7.21. The summed E-state index contributed by atoms with van der Waals surface area (Å²) < 4.78 is 4.76. The molecule has 12 nitrogen and oxygen atoms in total. The van der Waals surface area contributed by atoms with Crippen LogP contribution in [0.2, 0.25) is 0 Å². The number of rotatable bonds is 11. The van der Waals surface area contributed by atoms with Crippen molar-refractivity contribution in [2.24, 2.45) is 23.7 Å². The molecule has 2 aromatic heterocycles. The lowest BCUT2D eigenvalue weighted by Gasteiger charge is -2.30. The molecular formula is C44H50N8O4. The number of carbonyl (C=O) groups is 3. The number of anilines is 1. The molecule has 6 N–H and O–H groups in total. The Hall–Kier alpha value is -5.91. The van der Waals surface area contributed by atoms with Crippen molar-refractivity contribution in [3.63, 3.8) is 0 Å². The van der Waals surface area contributed by atoms with Gasteiger partial charge in [0.15, 0.2) is 0 Å². The number of imidazole rings is 2. The highest BCUT2D eigenvalue weighted by atomic mass is 16.5. The lowest BCUT2D eigenvalue weighted by Crippen LogP contribution is -2.51. The van der Waals surface area contributed by atoms with Gasteiger partial charge in [-0.05, 0) is 89.8 Å². The monoisotopic (exact) mass is 754 g/mol. The van der Waals surface area contributed by atoms with E-state index in [1.807, 2.05) is 55.4 Å². The van der Waals surface area contributed by atoms with Gasteiger partial charge in [0.2, 0.25) is 11.8 Å². The van der Waals surface area contributed by atoms with Gasteiger partial charge in [-0.2, -0.15) is 0 Å². The van der Waals surface area contributed by atoms with Crippen molar-refractivity contribution >= 4 is 23.6 Å². The van der Waals surface area contributed by atoms with Gasteiger partial charge >= 0.3 is 6.09 Å². The topological polar surface area (TPSA) is 171 Å². The molecule has 0 radical (unpaired) electrons. The second-order valence-electron chi connectivity index (χ2n) is 15.9. The summed E-state index contributed by atoms with van der Waals surface area (Å²) in [4.78, 5) is 57.5. The Morgan fingerprint density at radius 1 is 0.857 bits per heavy atom. The Morgan fingerprint density at radius 2 is 1.48 bits per heavy atom. The van der Waals surface area contributed by atoms with E-state index in [0.717, 1.165) is 83.0 Å². The van der Waals surface area contributed by atoms with E-state index < -0.39 is 12.1 Å². The van der Waals surface area contributed by atoms with E-state index >= 15 is 0 Å². The van der Waals surface area contributed by atoms with Crippen LogP contribution in [-0.2, 0) is 20.9 Å². The minimum Gasteiger partial charge on any atom is -0.453 e. The molecule has 5 aromatic rings. The number of hydrogen-bond acceptors (Lipinski definition) is 7. The quantitative estimate of drug-likeness (QED) is 0.0888. The SMILES string of the molecule is COC(=O)N[C@H](C(=O)N1CCC[C@H]1c1ncc(-c2ccc(-c3ccc(-c4cnc([C@@H]5C6CCC(C6)C5C(=O)NCc5cccc(N)c5)[nH]4)cc3)cc2)[nH]1)C(C)C. The summed E-state index contributed by atoms with van der Waals surface area (Å²) in [6.07, 6.45) is 8.05. The van der Waals surface area contributed by atoms with Crippen molar-refractivity contribution in [2.75, 3.05) is 19.4 Å². The van der Waals surface area contributed by atoms with Crippen molar-refractivity contribution in [2.45, 2.75) is 70.5 Å². The van der Waals surface area contributed by atoms with Gasteiger partial charge in [-0.1, -0.05) is 74.5 Å². The molecule has 8 rings (SSSR count). The zero-order valence-corrected chi connectivity index (χ0v) is 32.1. The molecule has 290 valence electrons. The molecular weight excluding hydrogens is 705 g/mol. The summed E-state index contributed by atoms with van der Waals surface area (Å²) in [7, 11) is 1.30. The standard InChI is InChI=1S/C44H50N8O4/c1-25(2)39(51-44(55)56-3)43(54)52-19-5-8-36(52)40-46-23-34(49-40)29-13-9-27(10-14-29)28-11-15-30(16-12-28)35-24-47-41(50-35)37-31-17-18-32(21-31)38(37)42(53)48-22-26-6-4-7-33(45)20-26/h4,6-7,9-16,20,23-25,31-32,36-39H,5,8,17-19,21-22,45H2,1-3H3,(H,46,49)(H,47,50)(H,48,53)(H,51,55)/t31?,32?,36-,37+,38?,39-/m0/s1. The molecule has 3 aromatic carbocycles. The maximum atomic E-state index is 13.6. The highest BCUT2D eigenvalue weighted by molar-refractivity contribution is 5.86. The van der Waals surface area contributed by atoms with E-state index in [1.54, 1.807) is 0 Å². The number of nitrogens with one attached hydrogen (secondary N) is 4. The second kappa shape index (κ2) is 15.7. The number of ether oxygens (including phenoxy) is 1. The first-order valence-corrected chi connectivity index (χ1v) is 19.7. The van der Waals surface area contributed by atoms with Gasteiger partial charge in [-0.25, -0.2) is 14.8 Å². The third-order valence-electron chi connectivity index (χ3n) is 12.1. The number of carbonyl (C=O) groups excluding carboxylic acids is 3. The summed E-state index contributed by atoms with van der Waals surface area (Å²) in [6, 6.07) is 23.6. The van der Waals surface area contributed by atoms with Crippen LogP contribution < -0.4 is 16.4 Å². The highest BCUT2D eigenvalue weighted by Gasteiger charge is 2.52. The Labute approximate surface area is 327 Å². The van der Waals surface area contributed by atoms with Crippen LogP contribution in [0.4, 0.5) is 10.5 Å². The molecule has 2 saturated carbocycles. The fourth-order valence-electron chi connectivity index (χ4n) is 9.25. The molecule has 1 saturated heterocycles. The lowest BCUT2D eigenvalue weighted by atomic mass is 9.78. The van der Waals surface area contributed by atoms with Crippen molar-refractivity contribution in [1.82, 2.24) is 35.5 Å². The first kappa shape index (κ1) is 37.0. The lowest BCUT2D eigenvalue weighted by molar-refractivity contribution is -0.135. The number of likely N-dealkylation sites (tertiary alicyclic amines) is 1. The summed E-state index contributed by atoms with van der Waals surface area (Å²) in [6.45, 7) is 4.89. The van der Waals surface area contributed by atoms with E-state index in [1.165, 1.54) is 7.11 Å². The molecule has 2 aliphatic carbocycles. The summed E-state index contributed by atoms with van der Waals surface area (Å²) in [5, 5.41) is 5.89. The van der Waals surface area contributed by atoms with Crippen LogP contribution in [0.15, 0.2) is 85.2 Å². The van der Waals surface area contributed by atoms with Crippen LogP contribution in [0.5, 0.6) is 0 Å². The molecule has 3 unspecified atom stereocenters. The number of nitrogens with zero attached hydrogens (tertiary/aromatic N) is 3. The van der Waals surface area contributed by atoms with E-state index in [0.29, 0.717) is 30.6 Å². The number of hydrogen-bond donors (Lipinski definition) is 5. The van der Waals surface area contributed by atoms with Gasteiger partial charge in [0, 0.05) is 24.7 Å². The number of methoxy groups -OCH3 is 1. The molecule has 3 heterocycles. The van der Waals surface area contributed by atoms with Gasteiger partial charge in [-0.3, -0.25) is 9.59 Å². The van der Waals surface area contributed by atoms with Crippen molar-refractivity contribution in [3.05, 3.63) is 102 Å². The maximum absolute atomic E-state index is 13.6. The molecule has 3 fully saturated rings. The Balaban J connectivity index is 0.916. The normalized spacial score (nSPS) is 22.0. The number of nitrogen functional groups attached to an aromatic ring is 1. The van der Waals surface area contributed by atoms with Crippen LogP contribution in [0.25, 0.3) is 33.6 Å². The number of alkyl carbamates (subject to hydrolysis) is 1. The smallest absolute Gasteiger partial charge is 0.407 e. The number of aromatic amines is 2. The molecule has 3 amide bonds. The largest absolute Gasteiger partial charge is 0.453 e. The molecule has 1 aliphatic heterocycles. The molecule has 56 heavy (non-hydrogen) atoms. The van der Waals surface area contributed by atoms with Crippen LogP contribution in [0, 0.1) is 23.7 Å². The van der Waals surface area contributed by atoms with Gasteiger partial charge < -0.3 is 36.0 Å². The van der Waals surface area contributed by atoms with Gasteiger partial charge in [0.25, 0.3) is 0 Å². The summed E-state index contributed by atoms with van der Waals surface area (Å²) in [5.41, 5.74) is 13.7. The minimum atomic E-state index is -0.678. The molecule has 3 aliphatic rings. The zero-order chi connectivity index (χ0) is 38.9. The first-order valence-electron chi connectivity index (χ1n) is 19.7. The third-order valence-corrected chi connectivity index (χ3v) is 12.1. The van der Waals surface area contributed by atoms with Crippen LogP contribution in [0.3, 0.4) is 0 Å². The van der Waals surface area contributed by atoms with Crippen LogP contribution >= 0.6 is 0 Å². The average Bonchev–Trinajstić information content (AvgIpc) is 4.07. The number of benzene rings is 3. The van der Waals surface area contributed by atoms with Crippen LogP contribution in [-0.4, -0.2) is 62.4 Å². The second-order valence-corrected chi connectivity index (χ2v) is 15.9. The number of aromatic nitrogens is 4. The van der Waals surface area contributed by atoms with Gasteiger partial charge in [0.1, 0.15) is 17.7 Å². The molecule has 0 spiro atoms. The fraction of sp³-hybridized carbons (Fsp3) is 0.386. The minimum absolute atomic E-state index is 0.0826. The molecule has 6 atom stereocenters. The number of H-pyrrole nitrogens is 2. The fourth-order valence-corrected chi connectivity index (χ4v) is 9.25. The Bertz CT molecular complexity index is 2190. The van der Waals surface area contributed by atoms with Gasteiger partial charge in [-0.15, -0.1) is 0 Å². The first-order chi connectivity index (χ1) is 27.2. The predicted molar refractivity (Wildman–Crippen MR) is 215 cm³/mol. The van der Waals surface area contributed by atoms with E-state index in [4.69, 9.17) is 15.5 Å². The maximum Gasteiger partial charge on any atom is 0.407 e. The van der Waals surface area contributed by atoms with Crippen LogP contribution in [0.1, 0.15) is 75.1 Å². The van der Waals surface area contributed by atoms with Crippen molar-refractivity contribution in [3.8, 4) is 33.6 Å². The van der Waals surface area contributed by atoms with E-state index in [2.05, 4.69) is 74.1 Å². The summed E-state index contributed by atoms with van der Waals surface area (Å²) >= 11 is 0. The average molecular weight is 755 g/mol. The highest BCUT2D eigenvalue weighted by Crippen LogP contribution is 2.56. The van der Waals surface area contributed by atoms with Gasteiger partial charge in [0.05, 0.1) is 42.9 Å². The molecule has 12 heteroatoms. The van der Waals surface area contributed by atoms with E-state index in [-0.39, 0.29) is 35.6 Å². The zero-order valence-electron chi connectivity index (χ0n) is 32.1. The number of nitrogens with two attached hydrogens (primary N) is 1. The van der Waals surface area contributed by atoms with E-state index in [9.17, 15) is 14.4 Å². The number of fused-ring (bicyclic) bond motifs is 2. The van der Waals surface area contributed by atoms with Crippen molar-refractivity contribution in [1.29, 1.82) is 0 Å². The van der Waals surface area contributed by atoms with Crippen molar-refractivity contribution < 1.29 is 19.1 Å².